The van der Waals surface area contributed by atoms with E-state index in [4.69, 9.17) is 0 Å². The summed E-state index contributed by atoms with van der Waals surface area (Å²) in [6.07, 6.45) is 2.14. The van der Waals surface area contributed by atoms with Crippen LogP contribution in [0.3, 0.4) is 0 Å². The minimum atomic E-state index is -0.246. The lowest BCUT2D eigenvalue weighted by Crippen LogP contribution is -2.26. The van der Waals surface area contributed by atoms with Crippen LogP contribution in [0.2, 0.25) is 0 Å². The van der Waals surface area contributed by atoms with E-state index in [0.717, 1.165) is 12.8 Å². The molecule has 0 N–H and O–H groups in total. The molecule has 0 spiro atoms. The van der Waals surface area contributed by atoms with E-state index >= 15 is 0 Å². The molecule has 0 heterocycles. The number of hydrogen-bond donors (Lipinski definition) is 0. The number of ketones is 4. The van der Waals surface area contributed by atoms with Crippen LogP contribution >= 0.6 is 0 Å². The molecule has 0 aliphatic heterocycles. The van der Waals surface area contributed by atoms with Crippen molar-refractivity contribution < 1.29 is 19.2 Å². The first-order valence-corrected chi connectivity index (χ1v) is 10.2. The van der Waals surface area contributed by atoms with Crippen molar-refractivity contribution in [2.75, 3.05) is 0 Å². The van der Waals surface area contributed by atoms with Crippen LogP contribution in [0.4, 0.5) is 0 Å². The summed E-state index contributed by atoms with van der Waals surface area (Å²) in [6, 6.07) is 13.5. The van der Waals surface area contributed by atoms with E-state index in [1.807, 2.05) is 6.92 Å². The first-order valence-electron chi connectivity index (χ1n) is 10.2. The van der Waals surface area contributed by atoms with E-state index in [-0.39, 0.29) is 29.6 Å². The zero-order chi connectivity index (χ0) is 21.4. The van der Waals surface area contributed by atoms with Gasteiger partial charge in [0.25, 0.3) is 0 Å². The highest BCUT2D eigenvalue weighted by atomic mass is 16.1. The van der Waals surface area contributed by atoms with Crippen LogP contribution in [0.25, 0.3) is 0 Å². The number of allylic oxidation sites excluding steroid dienone is 4. The summed E-state index contributed by atoms with van der Waals surface area (Å²) in [7, 11) is 0. The van der Waals surface area contributed by atoms with Crippen molar-refractivity contribution in [1.29, 1.82) is 0 Å². The summed E-state index contributed by atoms with van der Waals surface area (Å²) in [5.41, 5.74) is 3.00. The number of carbonyl (C=O) groups excluding carboxylic acids is 4. The second-order valence-electron chi connectivity index (χ2n) is 7.75. The zero-order valence-corrected chi connectivity index (χ0v) is 17.1. The quantitative estimate of drug-likeness (QED) is 0.682. The Labute approximate surface area is 175 Å². The van der Waals surface area contributed by atoms with Crippen molar-refractivity contribution in [3.8, 4) is 0 Å². The highest BCUT2D eigenvalue weighted by Crippen LogP contribution is 2.36. The predicted molar refractivity (Wildman–Crippen MR) is 114 cm³/mol. The molecule has 0 saturated carbocycles. The van der Waals surface area contributed by atoms with Gasteiger partial charge in [-0.05, 0) is 19.8 Å². The van der Waals surface area contributed by atoms with Gasteiger partial charge in [0.2, 0.25) is 0 Å². The SMILES string of the molecule is CCCCC1=C(CC2=C(C)C(=O)c3ccccc3C2=O)C(=O)c2ccccc2C1=O. The van der Waals surface area contributed by atoms with Gasteiger partial charge in [-0.3, -0.25) is 19.2 Å². The third-order valence-electron chi connectivity index (χ3n) is 5.95. The molecule has 30 heavy (non-hydrogen) atoms. The number of carbonyl (C=O) groups is 4. The van der Waals surface area contributed by atoms with Gasteiger partial charge in [0.05, 0.1) is 0 Å². The lowest BCUT2D eigenvalue weighted by atomic mass is 9.76. The Kier molecular flexibility index (Phi) is 5.17. The van der Waals surface area contributed by atoms with E-state index < -0.39 is 0 Å². The molecule has 0 bridgehead atoms. The number of hydrogen-bond acceptors (Lipinski definition) is 4. The first-order chi connectivity index (χ1) is 14.5. The lowest BCUT2D eigenvalue weighted by molar-refractivity contribution is 0.0959. The number of fused-ring (bicyclic) bond motifs is 2. The highest BCUT2D eigenvalue weighted by molar-refractivity contribution is 6.30. The summed E-state index contributed by atoms with van der Waals surface area (Å²) >= 11 is 0. The third kappa shape index (κ3) is 3.09. The van der Waals surface area contributed by atoms with Crippen LogP contribution in [0.15, 0.2) is 70.8 Å². The normalized spacial score (nSPS) is 16.2. The maximum absolute atomic E-state index is 13.3. The monoisotopic (exact) mass is 398 g/mol. The van der Waals surface area contributed by atoms with Crippen LogP contribution in [0.1, 0.15) is 81.0 Å². The summed E-state index contributed by atoms with van der Waals surface area (Å²) in [5.74, 6) is -0.826. The number of benzene rings is 2. The van der Waals surface area contributed by atoms with Gasteiger partial charge in [-0.2, -0.15) is 0 Å². The fraction of sp³-hybridized carbons (Fsp3) is 0.231. The maximum atomic E-state index is 13.3. The minimum Gasteiger partial charge on any atom is -0.289 e. The van der Waals surface area contributed by atoms with Crippen molar-refractivity contribution in [2.24, 2.45) is 0 Å². The molecular formula is C26H22O4. The predicted octanol–water partition coefficient (Wildman–Crippen LogP) is 5.34. The van der Waals surface area contributed by atoms with Gasteiger partial charge in [-0.15, -0.1) is 0 Å². The Hall–Kier alpha value is -3.40. The van der Waals surface area contributed by atoms with Gasteiger partial charge in [0.15, 0.2) is 23.1 Å². The standard InChI is InChI=1S/C26H22O4/c1-3-4-9-20-22(26(30)19-13-8-7-12-18(19)24(20)28)14-21-15(2)23(27)16-10-5-6-11-17(16)25(21)29/h5-8,10-13H,3-4,9,14H2,1-2H3. The molecule has 4 nitrogen and oxygen atoms in total. The molecule has 0 fully saturated rings. The van der Waals surface area contributed by atoms with Crippen LogP contribution in [-0.4, -0.2) is 23.1 Å². The number of Topliss-reactive ketones (excluding diaryl/α,β-unsaturated/α-hetero) is 4. The smallest absolute Gasteiger partial charge is 0.190 e. The molecule has 0 radical (unpaired) electrons. The fourth-order valence-corrected chi connectivity index (χ4v) is 4.22. The van der Waals surface area contributed by atoms with E-state index in [1.165, 1.54) is 0 Å². The van der Waals surface area contributed by atoms with E-state index in [1.54, 1.807) is 55.5 Å². The number of rotatable bonds is 5. The van der Waals surface area contributed by atoms with Crippen LogP contribution in [0, 0.1) is 0 Å². The summed E-state index contributed by atoms with van der Waals surface area (Å²) < 4.78 is 0. The maximum Gasteiger partial charge on any atom is 0.190 e. The van der Waals surface area contributed by atoms with Crippen molar-refractivity contribution in [3.05, 3.63) is 93.1 Å². The molecule has 0 atom stereocenters. The molecule has 4 heteroatoms. The second kappa shape index (κ2) is 7.79. The van der Waals surface area contributed by atoms with E-state index in [2.05, 4.69) is 0 Å². The largest absolute Gasteiger partial charge is 0.289 e. The molecule has 0 unspecified atom stereocenters. The molecule has 2 aliphatic rings. The van der Waals surface area contributed by atoms with Gasteiger partial charge in [-0.1, -0.05) is 61.9 Å². The van der Waals surface area contributed by atoms with Crippen LogP contribution < -0.4 is 0 Å². The molecule has 2 aromatic rings. The number of unbranched alkanes of at least 4 members (excludes halogenated alkanes) is 1. The topological polar surface area (TPSA) is 68.3 Å². The average molecular weight is 398 g/mol. The van der Waals surface area contributed by atoms with Crippen molar-refractivity contribution in [3.63, 3.8) is 0 Å². The van der Waals surface area contributed by atoms with Crippen LogP contribution in [0.5, 0.6) is 0 Å². The van der Waals surface area contributed by atoms with Crippen LogP contribution in [-0.2, 0) is 0 Å². The molecule has 0 saturated heterocycles. The Morgan fingerprint density at radius 1 is 0.600 bits per heavy atom. The van der Waals surface area contributed by atoms with Crippen molar-refractivity contribution >= 4 is 23.1 Å². The van der Waals surface area contributed by atoms with E-state index in [0.29, 0.717) is 51.0 Å². The summed E-state index contributed by atoms with van der Waals surface area (Å²) in [5, 5.41) is 0. The lowest BCUT2D eigenvalue weighted by Gasteiger charge is -2.24. The molecule has 150 valence electrons. The first kappa shape index (κ1) is 19.9. The van der Waals surface area contributed by atoms with Gasteiger partial charge >= 0.3 is 0 Å². The van der Waals surface area contributed by atoms with Gasteiger partial charge < -0.3 is 0 Å². The summed E-state index contributed by atoms with van der Waals surface area (Å²) in [6.45, 7) is 3.65. The Morgan fingerprint density at radius 3 is 1.53 bits per heavy atom. The zero-order valence-electron chi connectivity index (χ0n) is 17.1. The molecule has 2 aromatic carbocycles. The molecule has 2 aliphatic carbocycles. The van der Waals surface area contributed by atoms with Gasteiger partial charge in [0.1, 0.15) is 0 Å². The Bertz CT molecular complexity index is 1180. The molecule has 4 rings (SSSR count). The third-order valence-corrected chi connectivity index (χ3v) is 5.95. The van der Waals surface area contributed by atoms with Gasteiger partial charge in [0, 0.05) is 51.0 Å². The molecule has 0 amide bonds. The summed E-state index contributed by atoms with van der Waals surface area (Å²) in [4.78, 5) is 52.5. The second-order valence-corrected chi connectivity index (χ2v) is 7.75. The Morgan fingerprint density at radius 2 is 1.03 bits per heavy atom. The highest BCUT2D eigenvalue weighted by Gasteiger charge is 2.35. The molecule has 0 aromatic heterocycles. The minimum absolute atomic E-state index is 0.00267. The Balaban J connectivity index is 1.83. The van der Waals surface area contributed by atoms with Gasteiger partial charge in [-0.25, -0.2) is 0 Å². The van der Waals surface area contributed by atoms with E-state index in [9.17, 15) is 19.2 Å². The fourth-order valence-electron chi connectivity index (χ4n) is 4.22. The van der Waals surface area contributed by atoms with Crippen molar-refractivity contribution in [1.82, 2.24) is 0 Å². The molecular weight excluding hydrogens is 376 g/mol. The van der Waals surface area contributed by atoms with Crippen molar-refractivity contribution in [2.45, 2.75) is 39.5 Å². The average Bonchev–Trinajstić information content (AvgIpc) is 2.77.